The zero-order valence-electron chi connectivity index (χ0n) is 10.9. The molecule has 1 N–H and O–H groups in total. The largest absolute Gasteiger partial charge is 0.545 e. The van der Waals surface area contributed by atoms with Crippen LogP contribution in [0.5, 0.6) is 0 Å². The number of anilines is 1. The third kappa shape index (κ3) is 3.38. The highest BCUT2D eigenvalue weighted by atomic mass is 32.2. The minimum atomic E-state index is -4.17. The Kier molecular flexibility index (Phi) is 4.08. The fourth-order valence-electron chi connectivity index (χ4n) is 1.68. The standard InChI is InChI=1S/C13H10N2O6S/c16-13(17)9-6-11(15(18)19)8-12(7-9)22(20,21)14-10-4-2-1-3-5-10/h1-8,14H,(H,16,17)/p-1. The highest BCUT2D eigenvalue weighted by Crippen LogP contribution is 2.22. The Hall–Kier alpha value is -2.94. The normalized spacial score (nSPS) is 10.9. The van der Waals surface area contributed by atoms with Crippen molar-refractivity contribution >= 4 is 27.4 Å². The van der Waals surface area contributed by atoms with Crippen LogP contribution in [-0.4, -0.2) is 19.3 Å². The molecular formula is C13H9N2O6S-. The number of nitrogens with one attached hydrogen (secondary N) is 1. The van der Waals surface area contributed by atoms with Crippen molar-refractivity contribution in [1.29, 1.82) is 0 Å². The van der Waals surface area contributed by atoms with Crippen LogP contribution in [0.1, 0.15) is 10.4 Å². The van der Waals surface area contributed by atoms with Gasteiger partial charge >= 0.3 is 0 Å². The van der Waals surface area contributed by atoms with E-state index < -0.39 is 37.1 Å². The van der Waals surface area contributed by atoms with Gasteiger partial charge in [-0.15, -0.1) is 0 Å². The third-order valence-corrected chi connectivity index (χ3v) is 4.03. The van der Waals surface area contributed by atoms with E-state index in [0.717, 1.165) is 18.2 Å². The number of nitro groups is 1. The molecule has 22 heavy (non-hydrogen) atoms. The molecule has 2 aromatic rings. The van der Waals surface area contributed by atoms with Crippen LogP contribution in [0, 0.1) is 10.1 Å². The maximum atomic E-state index is 12.2. The lowest BCUT2D eigenvalue weighted by Gasteiger charge is -2.10. The summed E-state index contributed by atoms with van der Waals surface area (Å²) in [6.07, 6.45) is 0. The average molecular weight is 321 g/mol. The Morgan fingerprint density at radius 3 is 2.27 bits per heavy atom. The van der Waals surface area contributed by atoms with E-state index in [1.165, 1.54) is 12.1 Å². The number of carboxylic acids is 1. The van der Waals surface area contributed by atoms with Crippen molar-refractivity contribution in [1.82, 2.24) is 0 Å². The monoisotopic (exact) mass is 321 g/mol. The first kappa shape index (κ1) is 15.4. The number of para-hydroxylation sites is 1. The van der Waals surface area contributed by atoms with Gasteiger partial charge in [0.25, 0.3) is 15.7 Å². The number of carbonyl (C=O) groups is 1. The van der Waals surface area contributed by atoms with Crippen molar-refractivity contribution in [2.75, 3.05) is 4.72 Å². The molecule has 0 aliphatic rings. The van der Waals surface area contributed by atoms with E-state index in [2.05, 4.69) is 4.72 Å². The predicted octanol–water partition coefficient (Wildman–Crippen LogP) is 0.759. The number of hydrogen-bond acceptors (Lipinski definition) is 6. The zero-order valence-corrected chi connectivity index (χ0v) is 11.7. The minimum absolute atomic E-state index is 0.240. The van der Waals surface area contributed by atoms with E-state index in [9.17, 15) is 28.4 Å². The quantitative estimate of drug-likeness (QED) is 0.639. The Labute approximate surface area is 125 Å². The van der Waals surface area contributed by atoms with Crippen LogP contribution in [0.3, 0.4) is 0 Å². The first-order valence-corrected chi connectivity index (χ1v) is 7.36. The lowest BCUT2D eigenvalue weighted by Crippen LogP contribution is -2.23. The molecule has 0 radical (unpaired) electrons. The van der Waals surface area contributed by atoms with Gasteiger partial charge in [-0.3, -0.25) is 14.8 Å². The van der Waals surface area contributed by atoms with Gasteiger partial charge in [0.05, 0.1) is 15.8 Å². The van der Waals surface area contributed by atoms with Crippen LogP contribution in [0.25, 0.3) is 0 Å². The van der Waals surface area contributed by atoms with Gasteiger partial charge in [-0.1, -0.05) is 18.2 Å². The molecule has 0 atom stereocenters. The number of carboxylic acid groups (broad SMARTS) is 1. The number of benzene rings is 2. The molecule has 9 heteroatoms. The van der Waals surface area contributed by atoms with Crippen LogP contribution in [0.15, 0.2) is 53.4 Å². The number of carbonyl (C=O) groups excluding carboxylic acids is 1. The minimum Gasteiger partial charge on any atom is -0.545 e. The van der Waals surface area contributed by atoms with Gasteiger partial charge in [-0.2, -0.15) is 0 Å². The van der Waals surface area contributed by atoms with Crippen LogP contribution >= 0.6 is 0 Å². The number of nitrogens with zero attached hydrogens (tertiary/aromatic N) is 1. The van der Waals surface area contributed by atoms with Crippen molar-refractivity contribution in [2.45, 2.75) is 4.90 Å². The number of rotatable bonds is 5. The second-order valence-electron chi connectivity index (χ2n) is 4.23. The summed E-state index contributed by atoms with van der Waals surface area (Å²) in [5, 5.41) is 21.7. The second-order valence-corrected chi connectivity index (χ2v) is 5.91. The SMILES string of the molecule is O=C([O-])c1cc([N+](=O)[O-])cc(S(=O)(=O)Nc2ccccc2)c1. The Bertz CT molecular complexity index is 801. The number of aromatic carboxylic acids is 1. The Morgan fingerprint density at radius 2 is 1.73 bits per heavy atom. The highest BCUT2D eigenvalue weighted by molar-refractivity contribution is 7.92. The summed E-state index contributed by atoms with van der Waals surface area (Å²) in [5.41, 5.74) is -1.01. The molecule has 0 unspecified atom stereocenters. The molecule has 0 heterocycles. The maximum absolute atomic E-state index is 12.2. The van der Waals surface area contributed by atoms with Crippen molar-refractivity contribution in [3.63, 3.8) is 0 Å². The van der Waals surface area contributed by atoms with Gasteiger partial charge in [0.2, 0.25) is 0 Å². The molecule has 0 aromatic heterocycles. The fourth-order valence-corrected chi connectivity index (χ4v) is 2.80. The van der Waals surface area contributed by atoms with E-state index in [1.54, 1.807) is 18.2 Å². The molecule has 0 amide bonds. The molecule has 0 saturated heterocycles. The van der Waals surface area contributed by atoms with Crippen molar-refractivity contribution < 1.29 is 23.2 Å². The summed E-state index contributed by atoms with van der Waals surface area (Å²) < 4.78 is 26.6. The highest BCUT2D eigenvalue weighted by Gasteiger charge is 2.20. The van der Waals surface area contributed by atoms with Crippen LogP contribution in [-0.2, 0) is 10.0 Å². The summed E-state index contributed by atoms with van der Waals surface area (Å²) in [5.74, 6) is -1.71. The van der Waals surface area contributed by atoms with E-state index in [4.69, 9.17) is 0 Å². The second kappa shape index (κ2) is 5.82. The first-order valence-electron chi connectivity index (χ1n) is 5.88. The summed E-state index contributed by atoms with van der Waals surface area (Å²) >= 11 is 0. The molecule has 0 aliphatic heterocycles. The van der Waals surface area contributed by atoms with Gasteiger partial charge < -0.3 is 9.90 Å². The molecule has 0 saturated carbocycles. The van der Waals surface area contributed by atoms with E-state index >= 15 is 0 Å². The molecule has 0 bridgehead atoms. The Morgan fingerprint density at radius 1 is 1.09 bits per heavy atom. The maximum Gasteiger partial charge on any atom is 0.271 e. The van der Waals surface area contributed by atoms with Crippen LogP contribution < -0.4 is 9.83 Å². The van der Waals surface area contributed by atoms with Crippen molar-refractivity contribution in [3.8, 4) is 0 Å². The summed E-state index contributed by atoms with van der Waals surface area (Å²) in [6.45, 7) is 0. The van der Waals surface area contributed by atoms with Crippen LogP contribution in [0.4, 0.5) is 11.4 Å². The molecular weight excluding hydrogens is 312 g/mol. The molecule has 8 nitrogen and oxygen atoms in total. The summed E-state index contributed by atoms with van der Waals surface area (Å²) in [4.78, 5) is 20.2. The third-order valence-electron chi connectivity index (χ3n) is 2.67. The number of hydrogen-bond donors (Lipinski definition) is 1. The fraction of sp³-hybridized carbons (Fsp3) is 0. The number of non-ortho nitro benzene ring substituents is 1. The lowest BCUT2D eigenvalue weighted by atomic mass is 10.2. The molecule has 0 fully saturated rings. The molecule has 2 rings (SSSR count). The zero-order chi connectivity index (χ0) is 16.3. The van der Waals surface area contributed by atoms with Gasteiger partial charge in [0, 0.05) is 23.4 Å². The number of nitro benzene ring substituents is 1. The van der Waals surface area contributed by atoms with Gasteiger partial charge in [-0.05, 0) is 18.2 Å². The molecule has 114 valence electrons. The van der Waals surface area contributed by atoms with E-state index in [-0.39, 0.29) is 5.69 Å². The topological polar surface area (TPSA) is 129 Å². The summed E-state index contributed by atoms with van der Waals surface area (Å²) in [7, 11) is -4.17. The van der Waals surface area contributed by atoms with Gasteiger partial charge in [0.1, 0.15) is 0 Å². The Balaban J connectivity index is 2.50. The number of sulfonamides is 1. The van der Waals surface area contributed by atoms with Crippen molar-refractivity contribution in [3.05, 3.63) is 64.2 Å². The molecule has 0 aliphatic carbocycles. The predicted molar refractivity (Wildman–Crippen MR) is 74.7 cm³/mol. The van der Waals surface area contributed by atoms with E-state index in [0.29, 0.717) is 0 Å². The van der Waals surface area contributed by atoms with E-state index in [1.807, 2.05) is 0 Å². The van der Waals surface area contributed by atoms with Gasteiger partial charge in [0.15, 0.2) is 0 Å². The van der Waals surface area contributed by atoms with Crippen molar-refractivity contribution in [2.24, 2.45) is 0 Å². The van der Waals surface area contributed by atoms with Gasteiger partial charge in [-0.25, -0.2) is 8.42 Å². The first-order chi connectivity index (χ1) is 10.3. The summed E-state index contributed by atoms with van der Waals surface area (Å²) in [6, 6.07) is 10.1. The molecule has 2 aromatic carbocycles. The smallest absolute Gasteiger partial charge is 0.271 e. The lowest BCUT2D eigenvalue weighted by molar-refractivity contribution is -0.385. The average Bonchev–Trinajstić information content (AvgIpc) is 2.47. The molecule has 0 spiro atoms. The van der Waals surface area contributed by atoms with Crippen LogP contribution in [0.2, 0.25) is 0 Å².